The third-order valence-electron chi connectivity index (χ3n) is 10.7. The lowest BCUT2D eigenvalue weighted by Crippen LogP contribution is -2.61. The molecule has 15 nitrogen and oxygen atoms in total. The van der Waals surface area contributed by atoms with E-state index in [9.17, 15) is 45.3 Å². The third kappa shape index (κ3) is 21.2. The number of rotatable bonds is 33. The summed E-state index contributed by atoms with van der Waals surface area (Å²) < 4.78 is 33.3. The summed E-state index contributed by atoms with van der Waals surface area (Å²) in [5.41, 5.74) is 0. The number of carbonyl (C=O) groups is 2. The van der Waals surface area contributed by atoms with Gasteiger partial charge < -0.3 is 64.2 Å². The summed E-state index contributed by atoms with van der Waals surface area (Å²) in [5, 5.41) is 71.6. The second-order valence-electron chi connectivity index (χ2n) is 15.9. The smallest absolute Gasteiger partial charge is 0.306 e. The summed E-state index contributed by atoms with van der Waals surface area (Å²) >= 11 is 0. The molecule has 0 spiro atoms. The zero-order chi connectivity index (χ0) is 42.5. The summed E-state index contributed by atoms with van der Waals surface area (Å²) in [6, 6.07) is 0. The second-order valence-corrected chi connectivity index (χ2v) is 15.9. The van der Waals surface area contributed by atoms with Crippen molar-refractivity contribution >= 4 is 11.9 Å². The lowest BCUT2D eigenvalue weighted by molar-refractivity contribution is -0.332. The van der Waals surface area contributed by atoms with Crippen LogP contribution in [0.15, 0.2) is 12.2 Å². The molecule has 0 amide bonds. The Labute approximate surface area is 346 Å². The fourth-order valence-electron chi connectivity index (χ4n) is 6.97. The molecule has 0 aromatic carbocycles. The monoisotopic (exact) mass is 835 g/mol. The predicted molar refractivity (Wildman–Crippen MR) is 215 cm³/mol. The molecule has 0 radical (unpaired) electrons. The number of hydrogen-bond acceptors (Lipinski definition) is 15. The van der Waals surface area contributed by atoms with Crippen molar-refractivity contribution < 1.29 is 73.8 Å². The van der Waals surface area contributed by atoms with Gasteiger partial charge in [0.25, 0.3) is 0 Å². The molecule has 15 heteroatoms. The summed E-state index contributed by atoms with van der Waals surface area (Å²) in [6.45, 7) is 2.49. The van der Waals surface area contributed by atoms with Crippen molar-refractivity contribution in [2.45, 2.75) is 223 Å². The molecule has 0 aromatic heterocycles. The van der Waals surface area contributed by atoms with Gasteiger partial charge in [-0.05, 0) is 38.5 Å². The largest absolute Gasteiger partial charge is 0.462 e. The maximum atomic E-state index is 12.8. The molecule has 2 aliphatic rings. The average molecular weight is 835 g/mol. The van der Waals surface area contributed by atoms with Crippen LogP contribution in [0.1, 0.15) is 155 Å². The molecule has 2 fully saturated rings. The molecule has 58 heavy (non-hydrogen) atoms. The minimum Gasteiger partial charge on any atom is -0.462 e. The van der Waals surface area contributed by atoms with E-state index in [0.29, 0.717) is 12.8 Å². The number of hydrogen-bond donors (Lipinski definition) is 7. The molecule has 4 unspecified atom stereocenters. The maximum Gasteiger partial charge on any atom is 0.306 e. The fourth-order valence-corrected chi connectivity index (χ4v) is 6.97. The van der Waals surface area contributed by atoms with Crippen LogP contribution in [0.3, 0.4) is 0 Å². The van der Waals surface area contributed by atoms with E-state index < -0.39 is 92.7 Å². The molecule has 0 bridgehead atoms. The van der Waals surface area contributed by atoms with Crippen molar-refractivity contribution in [2.24, 2.45) is 0 Å². The number of carbonyl (C=O) groups excluding carboxylic acids is 2. The Balaban J connectivity index is 1.84. The zero-order valence-corrected chi connectivity index (χ0v) is 35.3. The Morgan fingerprint density at radius 1 is 0.534 bits per heavy atom. The fraction of sp³-hybridized carbons (Fsp3) is 0.907. The molecule has 340 valence electrons. The van der Waals surface area contributed by atoms with Gasteiger partial charge in [0.2, 0.25) is 0 Å². The van der Waals surface area contributed by atoms with E-state index in [-0.39, 0.29) is 26.1 Å². The molecule has 2 rings (SSSR count). The molecular weight excluding hydrogens is 756 g/mol. The highest BCUT2D eigenvalue weighted by Gasteiger charge is 2.47. The molecule has 2 heterocycles. The number of aliphatic hydroxyl groups is 7. The standard InChI is InChI=1S/C43H78O15/c1-3-5-7-9-11-12-13-14-15-16-17-18-20-21-23-25-34(45)53-28-31(56-35(46)26-24-22-19-10-8-6-4-2)29-54-42-41(52)39(50)37(48)33(58-42)30-55-43-40(51)38(49)36(47)32(27-44)57-43/h17-18,31-33,36-44,47-52H,3-16,19-30H2,1-2H3/b18-17+/t31-,32-,33-,36+,37+,38?,39?,40?,41?,42-,43-/m1/s1. The van der Waals surface area contributed by atoms with Gasteiger partial charge in [-0.3, -0.25) is 9.59 Å². The quantitative estimate of drug-likeness (QED) is 0.0278. The Bertz CT molecular complexity index is 1080. The number of esters is 2. The highest BCUT2D eigenvalue weighted by atomic mass is 16.7. The molecule has 2 saturated heterocycles. The number of ether oxygens (including phenoxy) is 6. The summed E-state index contributed by atoms with van der Waals surface area (Å²) in [6.07, 6.45) is 10.1. The van der Waals surface area contributed by atoms with Gasteiger partial charge in [-0.15, -0.1) is 0 Å². The highest BCUT2D eigenvalue weighted by molar-refractivity contribution is 5.70. The summed E-state index contributed by atoms with van der Waals surface area (Å²) in [5.74, 6) is -0.955. The van der Waals surface area contributed by atoms with Crippen LogP contribution >= 0.6 is 0 Å². The van der Waals surface area contributed by atoms with Crippen LogP contribution in [0.5, 0.6) is 0 Å². The normalized spacial score (nSPS) is 28.2. The first-order chi connectivity index (χ1) is 28.0. The topological polar surface area (TPSA) is 231 Å². The van der Waals surface area contributed by atoms with Crippen molar-refractivity contribution in [1.82, 2.24) is 0 Å². The van der Waals surface area contributed by atoms with Gasteiger partial charge >= 0.3 is 11.9 Å². The van der Waals surface area contributed by atoms with E-state index in [4.69, 9.17) is 28.4 Å². The lowest BCUT2D eigenvalue weighted by Gasteiger charge is -2.42. The summed E-state index contributed by atoms with van der Waals surface area (Å²) in [7, 11) is 0. The van der Waals surface area contributed by atoms with Crippen LogP contribution in [0, 0.1) is 0 Å². The number of unbranched alkanes of at least 4 members (excludes halogenated alkanes) is 17. The Hall–Kier alpha value is -1.76. The van der Waals surface area contributed by atoms with Crippen molar-refractivity contribution in [2.75, 3.05) is 26.4 Å². The van der Waals surface area contributed by atoms with E-state index in [0.717, 1.165) is 51.4 Å². The first kappa shape index (κ1) is 52.4. The number of aliphatic hydroxyl groups excluding tert-OH is 7. The Morgan fingerprint density at radius 3 is 1.55 bits per heavy atom. The van der Waals surface area contributed by atoms with Gasteiger partial charge in [0.1, 0.15) is 55.4 Å². The molecule has 7 N–H and O–H groups in total. The van der Waals surface area contributed by atoms with E-state index in [1.807, 2.05) is 0 Å². The van der Waals surface area contributed by atoms with Gasteiger partial charge in [-0.2, -0.15) is 0 Å². The average Bonchev–Trinajstić information content (AvgIpc) is 3.21. The van der Waals surface area contributed by atoms with Crippen LogP contribution in [0.2, 0.25) is 0 Å². The molecule has 0 saturated carbocycles. The van der Waals surface area contributed by atoms with Crippen molar-refractivity contribution in [1.29, 1.82) is 0 Å². The summed E-state index contributed by atoms with van der Waals surface area (Å²) in [4.78, 5) is 25.4. The van der Waals surface area contributed by atoms with Gasteiger partial charge in [0, 0.05) is 12.8 Å². The second kappa shape index (κ2) is 32.0. The first-order valence-corrected chi connectivity index (χ1v) is 22.3. The SMILES string of the molecule is CCCCCCCCCCC/C=C/CCCCC(=O)OC[C@H](CO[C@@H]1O[C@H](CO[C@@H]2O[C@H](CO)[C@H](O)C(O)C2O)[C@H](O)C(O)C1O)OC(=O)CCCCCCCCC. The van der Waals surface area contributed by atoms with Crippen LogP contribution < -0.4 is 0 Å². The zero-order valence-electron chi connectivity index (χ0n) is 35.3. The predicted octanol–water partition coefficient (Wildman–Crippen LogP) is 4.26. The van der Waals surface area contributed by atoms with Crippen LogP contribution in [-0.4, -0.2) is 142 Å². The molecular formula is C43H78O15. The third-order valence-corrected chi connectivity index (χ3v) is 10.7. The van der Waals surface area contributed by atoms with Gasteiger partial charge in [-0.1, -0.05) is 116 Å². The Kier molecular flexibility index (Phi) is 28.9. The minimum atomic E-state index is -1.76. The van der Waals surface area contributed by atoms with Crippen LogP contribution in [0.4, 0.5) is 0 Å². The van der Waals surface area contributed by atoms with E-state index >= 15 is 0 Å². The van der Waals surface area contributed by atoms with Gasteiger partial charge in [0.05, 0.1) is 19.8 Å². The minimum absolute atomic E-state index is 0.162. The van der Waals surface area contributed by atoms with Crippen LogP contribution in [-0.2, 0) is 38.0 Å². The molecule has 0 aliphatic carbocycles. The van der Waals surface area contributed by atoms with Gasteiger partial charge in [0.15, 0.2) is 18.7 Å². The maximum absolute atomic E-state index is 12.8. The lowest BCUT2D eigenvalue weighted by atomic mass is 9.98. The molecule has 11 atom stereocenters. The van der Waals surface area contributed by atoms with E-state index in [1.165, 1.54) is 64.2 Å². The Morgan fingerprint density at radius 2 is 0.983 bits per heavy atom. The van der Waals surface area contributed by atoms with E-state index in [1.54, 1.807) is 0 Å². The van der Waals surface area contributed by atoms with E-state index in [2.05, 4.69) is 26.0 Å². The first-order valence-electron chi connectivity index (χ1n) is 22.3. The van der Waals surface area contributed by atoms with Crippen molar-refractivity contribution in [3.63, 3.8) is 0 Å². The molecule has 2 aliphatic heterocycles. The van der Waals surface area contributed by atoms with Crippen LogP contribution in [0.25, 0.3) is 0 Å². The number of allylic oxidation sites excluding steroid dienone is 2. The highest BCUT2D eigenvalue weighted by Crippen LogP contribution is 2.26. The van der Waals surface area contributed by atoms with Gasteiger partial charge in [-0.25, -0.2) is 0 Å². The van der Waals surface area contributed by atoms with Crippen molar-refractivity contribution in [3.05, 3.63) is 12.2 Å². The molecule has 0 aromatic rings. The van der Waals surface area contributed by atoms with Crippen molar-refractivity contribution in [3.8, 4) is 0 Å².